The van der Waals surface area contributed by atoms with E-state index in [1.165, 1.54) is 35.2 Å². The molecular formula is C30H34Cl3N3O4S. The molecule has 3 aromatic carbocycles. The Kier molecular flexibility index (Phi) is 10.7. The minimum atomic E-state index is -4.27. The summed E-state index contributed by atoms with van der Waals surface area (Å²) in [6.45, 7) is 8.61. The Labute approximate surface area is 257 Å². The first-order chi connectivity index (χ1) is 19.1. The van der Waals surface area contributed by atoms with Crippen molar-refractivity contribution in [1.82, 2.24) is 10.2 Å². The van der Waals surface area contributed by atoms with Gasteiger partial charge in [0.25, 0.3) is 10.0 Å². The van der Waals surface area contributed by atoms with Gasteiger partial charge in [-0.1, -0.05) is 71.6 Å². The fraction of sp³-hybridized carbons (Fsp3) is 0.333. The van der Waals surface area contributed by atoms with Crippen molar-refractivity contribution in [3.05, 3.63) is 92.9 Å². The zero-order valence-corrected chi connectivity index (χ0v) is 26.7. The van der Waals surface area contributed by atoms with Gasteiger partial charge < -0.3 is 10.2 Å². The summed E-state index contributed by atoms with van der Waals surface area (Å²) in [6, 6.07) is 16.7. The van der Waals surface area contributed by atoms with E-state index in [2.05, 4.69) is 5.32 Å². The Morgan fingerprint density at radius 3 is 2.05 bits per heavy atom. The highest BCUT2D eigenvalue weighted by Crippen LogP contribution is 2.33. The molecule has 1 N–H and O–H groups in total. The Morgan fingerprint density at radius 1 is 0.902 bits per heavy atom. The lowest BCUT2D eigenvalue weighted by atomic mass is 10.1. The molecule has 0 fully saturated rings. The second-order valence-electron chi connectivity index (χ2n) is 10.7. The quantitative estimate of drug-likeness (QED) is 0.263. The second-order valence-corrected chi connectivity index (χ2v) is 13.9. The number of amides is 2. The molecular weight excluding hydrogens is 605 g/mol. The van der Waals surface area contributed by atoms with Gasteiger partial charge in [-0.15, -0.1) is 0 Å². The molecule has 3 rings (SSSR count). The molecule has 7 nitrogen and oxygen atoms in total. The summed E-state index contributed by atoms with van der Waals surface area (Å²) in [5, 5.41) is 3.80. The maximum Gasteiger partial charge on any atom is 0.264 e. The number of hydrogen-bond acceptors (Lipinski definition) is 4. The molecule has 41 heavy (non-hydrogen) atoms. The van der Waals surface area contributed by atoms with Gasteiger partial charge >= 0.3 is 0 Å². The molecule has 0 heterocycles. The molecule has 0 radical (unpaired) electrons. The van der Waals surface area contributed by atoms with E-state index in [0.717, 1.165) is 15.4 Å². The van der Waals surface area contributed by atoms with E-state index < -0.39 is 34.1 Å². The third-order valence-electron chi connectivity index (χ3n) is 6.22. The van der Waals surface area contributed by atoms with Crippen LogP contribution < -0.4 is 9.62 Å². The van der Waals surface area contributed by atoms with Crippen molar-refractivity contribution < 1.29 is 18.0 Å². The summed E-state index contributed by atoms with van der Waals surface area (Å²) in [5.74, 6) is -0.946. The molecule has 0 spiro atoms. The van der Waals surface area contributed by atoms with Crippen LogP contribution in [-0.4, -0.2) is 43.3 Å². The maximum absolute atomic E-state index is 14.1. The Balaban J connectivity index is 2.11. The smallest absolute Gasteiger partial charge is 0.264 e. The summed E-state index contributed by atoms with van der Waals surface area (Å²) in [4.78, 5) is 28.9. The summed E-state index contributed by atoms with van der Waals surface area (Å²) in [7, 11) is -4.27. The van der Waals surface area contributed by atoms with E-state index in [0.29, 0.717) is 11.4 Å². The monoisotopic (exact) mass is 637 g/mol. The van der Waals surface area contributed by atoms with Crippen LogP contribution in [0.3, 0.4) is 0 Å². The van der Waals surface area contributed by atoms with Gasteiger partial charge in [-0.2, -0.15) is 0 Å². The van der Waals surface area contributed by atoms with Crippen LogP contribution in [0, 0.1) is 6.92 Å². The number of nitrogens with zero attached hydrogens (tertiary/aromatic N) is 2. The van der Waals surface area contributed by atoms with Crippen molar-refractivity contribution in [3.63, 3.8) is 0 Å². The molecule has 0 saturated heterocycles. The number of nitrogens with one attached hydrogen (secondary N) is 1. The number of sulfonamides is 1. The average Bonchev–Trinajstić information content (AvgIpc) is 2.89. The molecule has 220 valence electrons. The van der Waals surface area contributed by atoms with Crippen LogP contribution in [0.1, 0.15) is 45.2 Å². The van der Waals surface area contributed by atoms with Crippen LogP contribution in [0.4, 0.5) is 5.69 Å². The van der Waals surface area contributed by atoms with Gasteiger partial charge in [0.15, 0.2) is 0 Å². The summed E-state index contributed by atoms with van der Waals surface area (Å²) >= 11 is 18.8. The first kappa shape index (κ1) is 32.7. The molecule has 0 aromatic heterocycles. The van der Waals surface area contributed by atoms with E-state index in [1.54, 1.807) is 43.3 Å². The number of benzene rings is 3. The van der Waals surface area contributed by atoms with Crippen molar-refractivity contribution in [3.8, 4) is 0 Å². The van der Waals surface area contributed by atoms with E-state index in [-0.39, 0.29) is 33.1 Å². The molecule has 0 aliphatic carbocycles. The van der Waals surface area contributed by atoms with E-state index in [1.807, 2.05) is 27.7 Å². The lowest BCUT2D eigenvalue weighted by Crippen LogP contribution is -2.55. The van der Waals surface area contributed by atoms with Crippen LogP contribution in [-0.2, 0) is 26.2 Å². The third kappa shape index (κ3) is 8.61. The van der Waals surface area contributed by atoms with Gasteiger partial charge in [-0.05, 0) is 82.1 Å². The van der Waals surface area contributed by atoms with Crippen LogP contribution in [0.15, 0.2) is 71.6 Å². The highest BCUT2D eigenvalue weighted by molar-refractivity contribution is 7.92. The largest absolute Gasteiger partial charge is 0.350 e. The van der Waals surface area contributed by atoms with Gasteiger partial charge in [-0.25, -0.2) is 8.42 Å². The Bertz CT molecular complexity index is 1490. The molecule has 0 aliphatic rings. The predicted octanol–water partition coefficient (Wildman–Crippen LogP) is 6.87. The van der Waals surface area contributed by atoms with Crippen molar-refractivity contribution in [2.75, 3.05) is 10.8 Å². The summed E-state index contributed by atoms with van der Waals surface area (Å²) in [5.41, 5.74) is 1.09. The van der Waals surface area contributed by atoms with Crippen molar-refractivity contribution in [2.45, 2.75) is 64.1 Å². The Morgan fingerprint density at radius 2 is 1.49 bits per heavy atom. The molecule has 0 aliphatic heterocycles. The molecule has 0 bridgehead atoms. The standard InChI is InChI=1S/C30H34Cl3N3O4S/c1-6-26(29(38)34-30(3,4)5)35(18-21-9-11-22(31)12-10-21)28(37)19-36(27-17-23(32)13-16-25(27)33)41(39,40)24-14-7-20(2)8-15-24/h7-17,26H,6,18-19H2,1-5H3,(H,34,38). The minimum absolute atomic E-state index is 0.0197. The minimum Gasteiger partial charge on any atom is -0.350 e. The molecule has 2 amide bonds. The molecule has 1 unspecified atom stereocenters. The predicted molar refractivity (Wildman–Crippen MR) is 166 cm³/mol. The highest BCUT2D eigenvalue weighted by Gasteiger charge is 2.35. The molecule has 3 aromatic rings. The van der Waals surface area contributed by atoms with Gasteiger partial charge in [0.05, 0.1) is 15.6 Å². The van der Waals surface area contributed by atoms with Crippen molar-refractivity contribution >= 4 is 62.3 Å². The first-order valence-corrected chi connectivity index (χ1v) is 15.6. The maximum atomic E-state index is 14.1. The van der Waals surface area contributed by atoms with Gasteiger partial charge in [-0.3, -0.25) is 13.9 Å². The lowest BCUT2D eigenvalue weighted by Gasteiger charge is -2.35. The zero-order valence-electron chi connectivity index (χ0n) is 23.6. The van der Waals surface area contributed by atoms with Gasteiger partial charge in [0, 0.05) is 22.1 Å². The molecule has 1 atom stereocenters. The number of halogens is 3. The number of carbonyl (C=O) groups is 2. The fourth-order valence-electron chi connectivity index (χ4n) is 4.19. The summed E-state index contributed by atoms with van der Waals surface area (Å²) < 4.78 is 28.9. The number of rotatable bonds is 10. The number of anilines is 1. The number of hydrogen-bond donors (Lipinski definition) is 1. The molecule has 11 heteroatoms. The van der Waals surface area contributed by atoms with Crippen molar-refractivity contribution in [1.29, 1.82) is 0 Å². The lowest BCUT2D eigenvalue weighted by molar-refractivity contribution is -0.141. The summed E-state index contributed by atoms with van der Waals surface area (Å²) in [6.07, 6.45) is 0.296. The fourth-order valence-corrected chi connectivity index (χ4v) is 6.17. The van der Waals surface area contributed by atoms with Crippen LogP contribution in [0.2, 0.25) is 15.1 Å². The topological polar surface area (TPSA) is 86.8 Å². The Hall–Kier alpha value is -2.78. The van der Waals surface area contributed by atoms with Gasteiger partial charge in [0.2, 0.25) is 11.8 Å². The van der Waals surface area contributed by atoms with Crippen LogP contribution in [0.5, 0.6) is 0 Å². The highest BCUT2D eigenvalue weighted by atomic mass is 35.5. The molecule has 0 saturated carbocycles. The van der Waals surface area contributed by atoms with E-state index in [9.17, 15) is 18.0 Å². The second kappa shape index (κ2) is 13.5. The van der Waals surface area contributed by atoms with Gasteiger partial charge in [0.1, 0.15) is 12.6 Å². The normalized spacial score (nSPS) is 12.5. The SMILES string of the molecule is CCC(C(=O)NC(C)(C)C)N(Cc1ccc(Cl)cc1)C(=O)CN(c1cc(Cl)ccc1Cl)S(=O)(=O)c1ccc(C)cc1. The van der Waals surface area contributed by atoms with Crippen LogP contribution in [0.25, 0.3) is 0 Å². The van der Waals surface area contributed by atoms with E-state index in [4.69, 9.17) is 34.8 Å². The van der Waals surface area contributed by atoms with Crippen LogP contribution >= 0.6 is 34.8 Å². The third-order valence-corrected chi connectivity index (χ3v) is 8.80. The first-order valence-electron chi connectivity index (χ1n) is 13.0. The zero-order chi connectivity index (χ0) is 30.5. The number of aryl methyl sites for hydroxylation is 1. The van der Waals surface area contributed by atoms with Crippen molar-refractivity contribution in [2.24, 2.45) is 0 Å². The van der Waals surface area contributed by atoms with E-state index >= 15 is 0 Å². The number of carbonyl (C=O) groups excluding carboxylic acids is 2. The average molecular weight is 639 g/mol.